The quantitative estimate of drug-likeness (QED) is 0.629. The van der Waals surface area contributed by atoms with E-state index in [-0.39, 0.29) is 28.9 Å². The molecule has 21 heavy (non-hydrogen) atoms. The molecule has 0 spiro atoms. The molecule has 110 valence electrons. The average molecular weight is 324 g/mol. The van der Waals surface area contributed by atoms with E-state index in [1.54, 1.807) is 12.8 Å². The molecule has 0 N–H and O–H groups in total. The van der Waals surface area contributed by atoms with Crippen molar-refractivity contribution < 1.29 is 21.8 Å². The van der Waals surface area contributed by atoms with E-state index in [0.29, 0.717) is 5.56 Å². The molecule has 0 bridgehead atoms. The van der Waals surface area contributed by atoms with E-state index in [4.69, 9.17) is 4.74 Å². The average Bonchev–Trinajstić information content (AvgIpc) is 3.13. The molecule has 10 radical (unpaired) electrons. The molecule has 0 aliphatic heterocycles. The number of hydrogen-bond acceptors (Lipinski definition) is 3. The van der Waals surface area contributed by atoms with Crippen molar-refractivity contribution >= 4 is 0 Å². The predicted octanol–water partition coefficient (Wildman–Crippen LogP) is 1.84. The molecule has 3 nitrogen and oxygen atoms in total. The molecule has 1 aromatic rings. The van der Waals surface area contributed by atoms with Crippen LogP contribution < -0.4 is 15.6 Å². The third kappa shape index (κ3) is 4.69. The first-order valence-corrected chi connectivity index (χ1v) is 6.50. The Balaban J connectivity index is 0.000000313. The predicted molar refractivity (Wildman–Crippen MR) is 78.2 cm³/mol. The summed E-state index contributed by atoms with van der Waals surface area (Å²) in [6.45, 7) is 3.65. The minimum atomic E-state index is -0.514. The molecular weight excluding hydrogens is 308 g/mol. The molecule has 0 amide bonds. The van der Waals surface area contributed by atoms with Gasteiger partial charge in [0.1, 0.15) is 0 Å². The van der Waals surface area contributed by atoms with Gasteiger partial charge in [0.15, 0.2) is 5.75 Å². The molecule has 2 aliphatic carbocycles. The molecule has 0 aromatic heterocycles. The minimum absolute atomic E-state index is 0. The summed E-state index contributed by atoms with van der Waals surface area (Å²) in [5, 5.41) is 0. The van der Waals surface area contributed by atoms with E-state index < -0.39 is 10.9 Å². The van der Waals surface area contributed by atoms with E-state index >= 15 is 0 Å². The van der Waals surface area contributed by atoms with Crippen molar-refractivity contribution in [3.63, 3.8) is 0 Å². The normalized spacial score (nSPS) is 18.4. The number of ether oxygens (including phenoxy) is 1. The van der Waals surface area contributed by atoms with Crippen LogP contribution in [-0.4, -0.2) is 6.10 Å². The van der Waals surface area contributed by atoms with Crippen molar-refractivity contribution in [1.82, 2.24) is 0 Å². The molecule has 0 heterocycles. The van der Waals surface area contributed by atoms with Gasteiger partial charge in [0.05, 0.1) is 11.7 Å². The Hall–Kier alpha value is -0.601. The van der Waals surface area contributed by atoms with Gasteiger partial charge in [0, 0.05) is 23.0 Å². The van der Waals surface area contributed by atoms with E-state index in [1.165, 1.54) is 0 Å². The molecule has 0 unspecified atom stereocenters. The minimum Gasteiger partial charge on any atom is -0.486 e. The van der Waals surface area contributed by atoms with Crippen LogP contribution in [0.2, 0.25) is 0 Å². The van der Waals surface area contributed by atoms with Gasteiger partial charge < -0.3 is 4.74 Å². The monoisotopic (exact) mass is 324 g/mol. The zero-order chi connectivity index (χ0) is 14.5. The molecule has 3 rings (SSSR count). The van der Waals surface area contributed by atoms with Crippen LogP contribution in [0.25, 0.3) is 0 Å². The molecule has 1 aromatic carbocycles. The zero-order valence-corrected chi connectivity index (χ0v) is 13.0. The standard InChI is InChI=1S/C12H11O3.C5H5.Fe/c1-7(2)15-12-9(10(13)11(12)14)8-5-3-4-6-8;1-2-4-5-3-1;/h3-7H,1-2H3;1-5H;. The molecule has 2 saturated carbocycles. The Morgan fingerprint density at radius 2 is 1.29 bits per heavy atom. The Kier molecular flexibility index (Phi) is 7.69. The first-order valence-electron chi connectivity index (χ1n) is 6.50. The number of hydrogen-bond donors (Lipinski definition) is 0. The summed E-state index contributed by atoms with van der Waals surface area (Å²) in [4.78, 5) is 22.6. The summed E-state index contributed by atoms with van der Waals surface area (Å²) < 4.78 is 5.31. The second-order valence-electron chi connectivity index (χ2n) is 4.66. The van der Waals surface area contributed by atoms with E-state index in [9.17, 15) is 9.59 Å². The summed E-state index contributed by atoms with van der Waals surface area (Å²) in [5.74, 6) is 0.969. The smallest absolute Gasteiger partial charge is 0.268 e. The summed E-state index contributed by atoms with van der Waals surface area (Å²) in [6, 6.07) is 0. The van der Waals surface area contributed by atoms with Gasteiger partial charge in [-0.3, -0.25) is 9.59 Å². The molecule has 0 saturated heterocycles. The van der Waals surface area contributed by atoms with Crippen molar-refractivity contribution in [3.05, 3.63) is 89.7 Å². The van der Waals surface area contributed by atoms with Gasteiger partial charge >= 0.3 is 0 Å². The van der Waals surface area contributed by atoms with Crippen molar-refractivity contribution in [1.29, 1.82) is 0 Å². The van der Waals surface area contributed by atoms with Gasteiger partial charge in [-0.05, 0) is 71.6 Å². The summed E-state index contributed by atoms with van der Waals surface area (Å²) in [5.41, 5.74) is -0.546. The number of rotatable bonds is 3. The molecule has 4 heteroatoms. The largest absolute Gasteiger partial charge is 0.486 e. The summed E-state index contributed by atoms with van der Waals surface area (Å²) >= 11 is 0. The van der Waals surface area contributed by atoms with Crippen LogP contribution in [-0.2, 0) is 17.1 Å². The van der Waals surface area contributed by atoms with Crippen LogP contribution in [0, 0.1) is 63.7 Å². The second kappa shape index (κ2) is 8.75. The summed E-state index contributed by atoms with van der Waals surface area (Å²) in [6.07, 6.45) is 17.1. The fourth-order valence-electron chi connectivity index (χ4n) is 1.84. The van der Waals surface area contributed by atoms with Crippen LogP contribution in [0.15, 0.2) is 9.59 Å². The fraction of sp³-hybridized carbons (Fsp3) is 0.176. The van der Waals surface area contributed by atoms with E-state index in [2.05, 4.69) is 0 Å². The topological polar surface area (TPSA) is 43.4 Å². The van der Waals surface area contributed by atoms with Gasteiger partial charge in [-0.2, -0.15) is 0 Å². The van der Waals surface area contributed by atoms with Gasteiger partial charge in [-0.25, -0.2) is 0 Å². The van der Waals surface area contributed by atoms with Crippen molar-refractivity contribution in [2.45, 2.75) is 20.0 Å². The van der Waals surface area contributed by atoms with E-state index in [0.717, 1.165) is 5.92 Å². The maximum absolute atomic E-state index is 11.4. The fourth-order valence-corrected chi connectivity index (χ4v) is 1.84. The van der Waals surface area contributed by atoms with Crippen LogP contribution >= 0.6 is 0 Å². The molecule has 2 aliphatic rings. The molecular formula is C17H16FeO3. The van der Waals surface area contributed by atoms with Crippen molar-refractivity contribution in [2.75, 3.05) is 0 Å². The Labute approximate surface area is 137 Å². The van der Waals surface area contributed by atoms with Gasteiger partial charge in [0.25, 0.3) is 5.43 Å². The van der Waals surface area contributed by atoms with Crippen molar-refractivity contribution in [3.8, 4) is 5.75 Å². The van der Waals surface area contributed by atoms with Gasteiger partial charge in [-0.15, -0.1) is 0 Å². The Morgan fingerprint density at radius 3 is 1.71 bits per heavy atom. The molecule has 2 fully saturated rings. The van der Waals surface area contributed by atoms with Crippen LogP contribution in [0.4, 0.5) is 0 Å². The van der Waals surface area contributed by atoms with Crippen molar-refractivity contribution in [2.24, 2.45) is 0 Å². The van der Waals surface area contributed by atoms with Crippen LogP contribution in [0.1, 0.15) is 19.4 Å². The third-order valence-electron chi connectivity index (χ3n) is 2.73. The van der Waals surface area contributed by atoms with Crippen LogP contribution in [0.3, 0.4) is 0 Å². The Bertz CT molecular complexity index is 483. The van der Waals surface area contributed by atoms with Gasteiger partial charge in [-0.1, -0.05) is 0 Å². The second-order valence-corrected chi connectivity index (χ2v) is 4.66. The van der Waals surface area contributed by atoms with Gasteiger partial charge in [0.2, 0.25) is 5.43 Å². The zero-order valence-electron chi connectivity index (χ0n) is 11.9. The molecule has 0 atom stereocenters. The summed E-state index contributed by atoms with van der Waals surface area (Å²) in [7, 11) is 0. The first-order chi connectivity index (χ1) is 9.61. The maximum atomic E-state index is 11.4. The van der Waals surface area contributed by atoms with Crippen LogP contribution in [0.5, 0.6) is 5.75 Å². The Morgan fingerprint density at radius 1 is 0.810 bits per heavy atom. The first kappa shape index (κ1) is 18.4. The van der Waals surface area contributed by atoms with E-state index in [1.807, 2.05) is 58.8 Å². The SMILES string of the molecule is CC(C)Oc1c([C]2[CH][CH][CH][CH]2)c(=O)c1=O.[CH]1[CH][CH][CH][CH]1.[Fe]. The third-order valence-corrected chi connectivity index (χ3v) is 2.73. The maximum Gasteiger partial charge on any atom is 0.268 e.